The van der Waals surface area contributed by atoms with E-state index < -0.39 is 47.1 Å². The average Bonchev–Trinajstić information content (AvgIpc) is 3.65. The van der Waals surface area contributed by atoms with Crippen LogP contribution in [-0.2, 0) is 23.9 Å². The summed E-state index contributed by atoms with van der Waals surface area (Å²) >= 11 is 0. The van der Waals surface area contributed by atoms with Crippen LogP contribution in [0.4, 0.5) is 0 Å². The van der Waals surface area contributed by atoms with E-state index in [0.717, 1.165) is 38.5 Å². The number of aldehydes is 1. The third-order valence-corrected chi connectivity index (χ3v) is 9.53. The molecule has 2 N–H and O–H groups in total. The van der Waals surface area contributed by atoms with Crippen molar-refractivity contribution in [1.82, 2.24) is 0 Å². The van der Waals surface area contributed by atoms with Crippen molar-refractivity contribution in [3.05, 3.63) is 23.8 Å². The van der Waals surface area contributed by atoms with Crippen molar-refractivity contribution in [3.8, 4) is 0 Å². The van der Waals surface area contributed by atoms with E-state index >= 15 is 0 Å². The van der Waals surface area contributed by atoms with Gasteiger partial charge in [-0.05, 0) is 56.6 Å². The number of Topliss-reactive ketones (excluding diaryl/α,β-unsaturated/α-hetero) is 1. The Morgan fingerprint density at radius 2 is 2.00 bits per heavy atom. The lowest BCUT2D eigenvalue weighted by Gasteiger charge is -2.51. The predicted molar refractivity (Wildman–Crippen MR) is 141 cm³/mol. The molecule has 1 spiro atoms. The second-order valence-corrected chi connectivity index (χ2v) is 11.9. The number of ketones is 1. The van der Waals surface area contributed by atoms with E-state index in [0.29, 0.717) is 24.7 Å². The van der Waals surface area contributed by atoms with Crippen molar-refractivity contribution < 1.29 is 34.1 Å². The van der Waals surface area contributed by atoms with Crippen LogP contribution in [0.15, 0.2) is 23.8 Å². The van der Waals surface area contributed by atoms with Crippen LogP contribution < -0.4 is 0 Å². The third-order valence-electron chi connectivity index (χ3n) is 9.53. The van der Waals surface area contributed by atoms with Gasteiger partial charge in [0.1, 0.15) is 18.0 Å². The van der Waals surface area contributed by atoms with Crippen LogP contribution in [0.3, 0.4) is 0 Å². The van der Waals surface area contributed by atoms with Crippen LogP contribution in [0.5, 0.6) is 0 Å². The number of rotatable bonds is 13. The van der Waals surface area contributed by atoms with Gasteiger partial charge in [-0.25, -0.2) is 0 Å². The summed E-state index contributed by atoms with van der Waals surface area (Å²) in [6.07, 6.45) is 7.27. The van der Waals surface area contributed by atoms with Gasteiger partial charge in [0, 0.05) is 23.9 Å². The van der Waals surface area contributed by atoms with Gasteiger partial charge < -0.3 is 19.7 Å². The maximum absolute atomic E-state index is 13.2. The van der Waals surface area contributed by atoms with E-state index in [9.17, 15) is 24.6 Å². The first-order chi connectivity index (χ1) is 17.5. The summed E-state index contributed by atoms with van der Waals surface area (Å²) < 4.78 is 12.1. The Bertz CT molecular complexity index is 910. The number of aliphatic hydroxyl groups excluding tert-OH is 2. The summed E-state index contributed by atoms with van der Waals surface area (Å²) in [6, 6.07) is 0. The van der Waals surface area contributed by atoms with Gasteiger partial charge in [0.2, 0.25) is 0 Å². The molecule has 0 bridgehead atoms. The maximum Gasteiger partial charge on any atom is 0.312 e. The van der Waals surface area contributed by atoms with Gasteiger partial charge in [0.05, 0.1) is 12.0 Å². The van der Waals surface area contributed by atoms with Crippen molar-refractivity contribution in [2.75, 3.05) is 6.61 Å². The molecule has 0 amide bonds. The SMILES string of the molecule is C=C(C=O)[C@@H]1C[C@]2(C)[C@@H](C)CC[C@@H](OC(=O)[C@H](C)[C@H](O)/C(C)=C/C(CO)CCCCCC)[C@]23O[C@@H]3C1=O. The number of epoxide rings is 1. The number of carbonyl (C=O) groups is 3. The van der Waals surface area contributed by atoms with E-state index in [1.807, 2.05) is 6.08 Å². The van der Waals surface area contributed by atoms with E-state index in [2.05, 4.69) is 27.4 Å². The van der Waals surface area contributed by atoms with Crippen LogP contribution in [0.25, 0.3) is 0 Å². The number of allylic oxidation sites excluding steroid dienone is 1. The molecule has 3 aliphatic rings. The number of aliphatic hydroxyl groups is 2. The van der Waals surface area contributed by atoms with Crippen molar-refractivity contribution >= 4 is 18.0 Å². The summed E-state index contributed by atoms with van der Waals surface area (Å²) in [7, 11) is 0. The molecule has 0 aromatic rings. The zero-order chi connectivity index (χ0) is 27.5. The highest BCUT2D eigenvalue weighted by Crippen LogP contribution is 2.67. The molecular formula is C30H46O7. The number of esters is 1. The van der Waals surface area contributed by atoms with Crippen molar-refractivity contribution in [1.29, 1.82) is 0 Å². The molecule has 0 aromatic heterocycles. The van der Waals surface area contributed by atoms with Crippen LogP contribution in [0, 0.1) is 29.1 Å². The molecule has 1 aliphatic heterocycles. The molecule has 0 radical (unpaired) electrons. The first kappa shape index (κ1) is 29.7. The minimum absolute atomic E-state index is 0.000645. The lowest BCUT2D eigenvalue weighted by molar-refractivity contribution is -0.173. The minimum Gasteiger partial charge on any atom is -0.459 e. The molecule has 37 heavy (non-hydrogen) atoms. The zero-order valence-corrected chi connectivity index (χ0v) is 23.2. The second-order valence-electron chi connectivity index (χ2n) is 11.9. The molecule has 9 atom stereocenters. The number of hydrogen-bond acceptors (Lipinski definition) is 7. The van der Waals surface area contributed by atoms with Gasteiger partial charge in [-0.3, -0.25) is 14.4 Å². The Kier molecular flexibility index (Phi) is 9.57. The molecule has 7 nitrogen and oxygen atoms in total. The largest absolute Gasteiger partial charge is 0.459 e. The third kappa shape index (κ3) is 5.50. The summed E-state index contributed by atoms with van der Waals surface area (Å²) in [5, 5.41) is 20.7. The maximum atomic E-state index is 13.2. The van der Waals surface area contributed by atoms with Gasteiger partial charge in [-0.15, -0.1) is 0 Å². The number of ether oxygens (including phenoxy) is 2. The quantitative estimate of drug-likeness (QED) is 0.0931. The fourth-order valence-corrected chi connectivity index (χ4v) is 6.71. The summed E-state index contributed by atoms with van der Waals surface area (Å²) in [5.41, 5.74) is -0.433. The topological polar surface area (TPSA) is 113 Å². The monoisotopic (exact) mass is 518 g/mol. The molecule has 0 aromatic carbocycles. The highest BCUT2D eigenvalue weighted by Gasteiger charge is 2.80. The molecule has 7 heteroatoms. The number of hydrogen-bond donors (Lipinski definition) is 2. The average molecular weight is 519 g/mol. The van der Waals surface area contributed by atoms with Crippen molar-refractivity contribution in [2.24, 2.45) is 29.1 Å². The van der Waals surface area contributed by atoms with Gasteiger partial charge in [0.25, 0.3) is 0 Å². The van der Waals surface area contributed by atoms with Gasteiger partial charge >= 0.3 is 5.97 Å². The Hall–Kier alpha value is -1.83. The Morgan fingerprint density at radius 1 is 1.30 bits per heavy atom. The lowest BCUT2D eigenvalue weighted by Crippen LogP contribution is -2.60. The summed E-state index contributed by atoms with van der Waals surface area (Å²) in [4.78, 5) is 37.7. The van der Waals surface area contributed by atoms with Gasteiger partial charge in [-0.2, -0.15) is 0 Å². The normalized spacial score (nSPS) is 35.5. The van der Waals surface area contributed by atoms with Crippen molar-refractivity contribution in [3.63, 3.8) is 0 Å². The Labute approximate surface area is 221 Å². The Morgan fingerprint density at radius 3 is 2.62 bits per heavy atom. The lowest BCUT2D eigenvalue weighted by atomic mass is 9.52. The van der Waals surface area contributed by atoms with Crippen LogP contribution in [0.1, 0.15) is 86.0 Å². The highest BCUT2D eigenvalue weighted by molar-refractivity contribution is 5.97. The first-order valence-electron chi connectivity index (χ1n) is 14.0. The van der Waals surface area contributed by atoms with E-state index in [1.165, 1.54) is 0 Å². The smallest absolute Gasteiger partial charge is 0.312 e. The van der Waals surface area contributed by atoms with Gasteiger partial charge in [0.15, 0.2) is 11.9 Å². The zero-order valence-electron chi connectivity index (χ0n) is 23.2. The summed E-state index contributed by atoms with van der Waals surface area (Å²) in [6.45, 7) is 13.6. The van der Waals surface area contributed by atoms with E-state index in [4.69, 9.17) is 9.47 Å². The fraction of sp³-hybridized carbons (Fsp3) is 0.767. The number of carbonyl (C=O) groups excluding carboxylic acids is 3. The molecular weight excluding hydrogens is 472 g/mol. The van der Waals surface area contributed by atoms with Crippen LogP contribution in [0.2, 0.25) is 0 Å². The molecule has 3 fully saturated rings. The van der Waals surface area contributed by atoms with Crippen LogP contribution >= 0.6 is 0 Å². The molecule has 3 rings (SSSR count). The second kappa shape index (κ2) is 11.9. The molecule has 2 saturated carbocycles. The van der Waals surface area contributed by atoms with Crippen LogP contribution in [-0.4, -0.2) is 58.8 Å². The summed E-state index contributed by atoms with van der Waals surface area (Å²) in [5.74, 6) is -1.92. The molecule has 208 valence electrons. The molecule has 1 unspecified atom stereocenters. The highest BCUT2D eigenvalue weighted by atomic mass is 16.7. The number of unbranched alkanes of at least 4 members (excludes halogenated alkanes) is 3. The van der Waals surface area contributed by atoms with Crippen molar-refractivity contribution in [2.45, 2.75) is 110 Å². The Balaban J connectivity index is 1.69. The van der Waals surface area contributed by atoms with E-state index in [-0.39, 0.29) is 29.8 Å². The molecule has 2 aliphatic carbocycles. The minimum atomic E-state index is -1.03. The van der Waals surface area contributed by atoms with Gasteiger partial charge in [-0.1, -0.05) is 59.1 Å². The molecule has 1 saturated heterocycles. The fourth-order valence-electron chi connectivity index (χ4n) is 6.71. The standard InChI is InChI=1S/C30H46O7/c1-7-8-9-10-11-22(17-32)14-18(2)25(33)21(5)28(35)36-24-13-12-20(4)29(6)15-23(19(3)16-31)26(34)27-30(24,29)37-27/h14,16,20-25,27,32-33H,3,7-13,15,17H2,1-2,4-6H3/b18-14+/t20-,21+,22?,23-,24+,25+,27+,29+,30+/m0/s1. The van der Waals surface area contributed by atoms with E-state index in [1.54, 1.807) is 13.8 Å². The predicted octanol–water partition coefficient (Wildman–Crippen LogP) is 4.34. The molecule has 1 heterocycles. The first-order valence-corrected chi connectivity index (χ1v) is 14.0.